The summed E-state index contributed by atoms with van der Waals surface area (Å²) >= 11 is 0. The molecule has 0 aromatic carbocycles. The number of hydrogen-bond donors (Lipinski definition) is 1. The van der Waals surface area contributed by atoms with Gasteiger partial charge in [0.15, 0.2) is 5.78 Å². The molecule has 0 radical (unpaired) electrons. The molecule has 2 aromatic heterocycles. The van der Waals surface area contributed by atoms with E-state index in [2.05, 4.69) is 9.97 Å². The third kappa shape index (κ3) is 5.19. The molecule has 20 heavy (non-hydrogen) atoms. The highest BCUT2D eigenvalue weighted by Gasteiger charge is 1.98. The second-order valence-corrected chi connectivity index (χ2v) is 4.13. The molecule has 6 heteroatoms. The van der Waals surface area contributed by atoms with E-state index in [9.17, 15) is 13.6 Å². The second-order valence-electron chi connectivity index (χ2n) is 4.13. The fourth-order valence-electron chi connectivity index (χ4n) is 1.24. The Morgan fingerprint density at radius 1 is 1.10 bits per heavy atom. The summed E-state index contributed by atoms with van der Waals surface area (Å²) in [6.07, 6.45) is 2.66. The first kappa shape index (κ1) is 15.8. The maximum absolute atomic E-state index is 12.2. The van der Waals surface area contributed by atoms with Crippen molar-refractivity contribution in [1.82, 2.24) is 9.97 Å². The average Bonchev–Trinajstić information content (AvgIpc) is 2.40. The van der Waals surface area contributed by atoms with Crippen LogP contribution in [-0.2, 0) is 0 Å². The van der Waals surface area contributed by atoms with E-state index in [4.69, 9.17) is 5.73 Å². The molecule has 106 valence electrons. The number of ketones is 1. The Bertz CT molecular complexity index is 554. The zero-order chi connectivity index (χ0) is 15.1. The van der Waals surface area contributed by atoms with Crippen molar-refractivity contribution in [2.75, 3.05) is 0 Å². The van der Waals surface area contributed by atoms with Crippen LogP contribution in [-0.4, -0.2) is 15.8 Å². The molecular formula is C14H15F2N3O. The Balaban J connectivity index is 0.000000200. The van der Waals surface area contributed by atoms with Crippen LogP contribution >= 0.6 is 0 Å². The van der Waals surface area contributed by atoms with Crippen LogP contribution in [0.3, 0.4) is 0 Å². The molecule has 2 rings (SSSR count). The van der Waals surface area contributed by atoms with Gasteiger partial charge >= 0.3 is 0 Å². The number of rotatable bonds is 2. The Labute approximate surface area is 115 Å². The summed E-state index contributed by atoms with van der Waals surface area (Å²) in [4.78, 5) is 17.4. The average molecular weight is 279 g/mol. The molecule has 0 aliphatic heterocycles. The van der Waals surface area contributed by atoms with Gasteiger partial charge in [-0.15, -0.1) is 0 Å². The number of Topliss-reactive ketones (excluding diaryl/α,β-unsaturated/α-hetero) is 1. The first-order valence-electron chi connectivity index (χ1n) is 5.89. The van der Waals surface area contributed by atoms with Crippen LogP contribution in [0.5, 0.6) is 0 Å². The number of hydrogen-bond acceptors (Lipinski definition) is 4. The fraction of sp³-hybridized carbons (Fsp3) is 0.214. The Morgan fingerprint density at radius 2 is 1.65 bits per heavy atom. The molecular weight excluding hydrogens is 264 g/mol. The van der Waals surface area contributed by atoms with Gasteiger partial charge in [-0.2, -0.15) is 8.78 Å². The molecule has 2 N–H and O–H groups in total. The highest BCUT2D eigenvalue weighted by molar-refractivity contribution is 5.93. The maximum Gasteiger partial charge on any atom is 0.212 e. The van der Waals surface area contributed by atoms with Crippen LogP contribution in [0.25, 0.3) is 0 Å². The summed E-state index contributed by atoms with van der Waals surface area (Å²) in [5, 5.41) is 0. The SMILES string of the molecule is CC(=O)c1ccc(F)nc1.CC(N)c1ccc(F)nc1. The standard InChI is InChI=1S/C7H9FN2.C7H6FNO/c1-5(9)6-2-3-7(8)10-4-6;1-5(10)6-2-3-7(8)9-4-6/h2-5H,9H2,1H3;2-4H,1H3. The van der Waals surface area contributed by atoms with Gasteiger partial charge < -0.3 is 5.73 Å². The third-order valence-corrected chi connectivity index (χ3v) is 2.41. The molecule has 0 bridgehead atoms. The van der Waals surface area contributed by atoms with E-state index in [0.29, 0.717) is 5.56 Å². The molecule has 4 nitrogen and oxygen atoms in total. The molecule has 0 aliphatic carbocycles. The van der Waals surface area contributed by atoms with Crippen LogP contribution in [0.2, 0.25) is 0 Å². The van der Waals surface area contributed by atoms with Gasteiger partial charge in [0.05, 0.1) is 0 Å². The lowest BCUT2D eigenvalue weighted by molar-refractivity contribution is 0.101. The molecule has 0 fully saturated rings. The first-order valence-corrected chi connectivity index (χ1v) is 5.89. The van der Waals surface area contributed by atoms with Crippen molar-refractivity contribution in [1.29, 1.82) is 0 Å². The lowest BCUT2D eigenvalue weighted by Crippen LogP contribution is -2.05. The lowest BCUT2D eigenvalue weighted by Gasteiger charge is -2.02. The van der Waals surface area contributed by atoms with E-state index in [1.807, 2.05) is 6.92 Å². The van der Waals surface area contributed by atoms with E-state index >= 15 is 0 Å². The molecule has 1 atom stereocenters. The fourth-order valence-corrected chi connectivity index (χ4v) is 1.24. The van der Waals surface area contributed by atoms with Crippen LogP contribution in [0, 0.1) is 11.9 Å². The molecule has 0 spiro atoms. The van der Waals surface area contributed by atoms with Crippen molar-refractivity contribution in [3.05, 3.63) is 59.7 Å². The Hall–Kier alpha value is -2.21. The van der Waals surface area contributed by atoms with Gasteiger partial charge in [0.2, 0.25) is 11.9 Å². The van der Waals surface area contributed by atoms with Gasteiger partial charge in [-0.25, -0.2) is 9.97 Å². The minimum atomic E-state index is -0.565. The van der Waals surface area contributed by atoms with E-state index in [0.717, 1.165) is 11.6 Å². The normalized spacial score (nSPS) is 11.2. The van der Waals surface area contributed by atoms with Crippen molar-refractivity contribution < 1.29 is 13.6 Å². The van der Waals surface area contributed by atoms with Gasteiger partial charge in [0, 0.05) is 24.0 Å². The summed E-state index contributed by atoms with van der Waals surface area (Å²) in [5.41, 5.74) is 6.78. The van der Waals surface area contributed by atoms with Gasteiger partial charge in [-0.1, -0.05) is 6.07 Å². The number of nitrogens with two attached hydrogens (primary N) is 1. The Morgan fingerprint density at radius 3 is 2.00 bits per heavy atom. The molecule has 2 aromatic rings. The van der Waals surface area contributed by atoms with Crippen LogP contribution in [0.4, 0.5) is 8.78 Å². The predicted octanol–water partition coefficient (Wildman–Crippen LogP) is 2.66. The highest BCUT2D eigenvalue weighted by atomic mass is 19.1. The van der Waals surface area contributed by atoms with Crippen LogP contribution in [0.15, 0.2) is 36.7 Å². The number of carbonyl (C=O) groups excluding carboxylic acids is 1. The van der Waals surface area contributed by atoms with Crippen molar-refractivity contribution in [3.63, 3.8) is 0 Å². The minimum Gasteiger partial charge on any atom is -0.324 e. The van der Waals surface area contributed by atoms with Crippen molar-refractivity contribution in [2.24, 2.45) is 5.73 Å². The number of pyridine rings is 2. The zero-order valence-corrected chi connectivity index (χ0v) is 11.2. The van der Waals surface area contributed by atoms with Crippen LogP contribution in [0.1, 0.15) is 35.8 Å². The van der Waals surface area contributed by atoms with E-state index < -0.39 is 11.9 Å². The summed E-state index contributed by atoms with van der Waals surface area (Å²) < 4.78 is 24.3. The monoisotopic (exact) mass is 279 g/mol. The predicted molar refractivity (Wildman–Crippen MR) is 71.0 cm³/mol. The third-order valence-electron chi connectivity index (χ3n) is 2.41. The van der Waals surface area contributed by atoms with Gasteiger partial charge in [0.1, 0.15) is 0 Å². The molecule has 0 aliphatic rings. The molecule has 0 amide bonds. The number of halogens is 2. The largest absolute Gasteiger partial charge is 0.324 e. The summed E-state index contributed by atoms with van der Waals surface area (Å²) in [7, 11) is 0. The van der Waals surface area contributed by atoms with E-state index in [-0.39, 0.29) is 11.8 Å². The molecule has 0 saturated heterocycles. The Kier molecular flexibility index (Phi) is 5.86. The number of nitrogens with zero attached hydrogens (tertiary/aromatic N) is 2. The smallest absolute Gasteiger partial charge is 0.212 e. The molecule has 2 heterocycles. The highest BCUT2D eigenvalue weighted by Crippen LogP contribution is 2.06. The number of aromatic nitrogens is 2. The maximum atomic E-state index is 12.2. The second kappa shape index (κ2) is 7.40. The summed E-state index contributed by atoms with van der Waals surface area (Å²) in [6.45, 7) is 3.24. The van der Waals surface area contributed by atoms with E-state index in [1.165, 1.54) is 31.5 Å². The summed E-state index contributed by atoms with van der Waals surface area (Å²) in [5.74, 6) is -1.14. The number of carbonyl (C=O) groups is 1. The quantitative estimate of drug-likeness (QED) is 0.677. The van der Waals surface area contributed by atoms with Crippen molar-refractivity contribution in [3.8, 4) is 0 Å². The summed E-state index contributed by atoms with van der Waals surface area (Å²) in [6, 6.07) is 5.43. The van der Waals surface area contributed by atoms with Crippen LogP contribution < -0.4 is 5.73 Å². The molecule has 0 saturated carbocycles. The first-order chi connectivity index (χ1) is 9.40. The topological polar surface area (TPSA) is 68.9 Å². The van der Waals surface area contributed by atoms with Crippen molar-refractivity contribution in [2.45, 2.75) is 19.9 Å². The van der Waals surface area contributed by atoms with Crippen molar-refractivity contribution >= 4 is 5.78 Å². The van der Waals surface area contributed by atoms with Gasteiger partial charge in [0.25, 0.3) is 0 Å². The zero-order valence-electron chi connectivity index (χ0n) is 11.2. The minimum absolute atomic E-state index is 0.0758. The van der Waals surface area contributed by atoms with E-state index in [1.54, 1.807) is 6.07 Å². The van der Waals surface area contributed by atoms with Gasteiger partial charge in [-0.05, 0) is 37.6 Å². The molecule has 1 unspecified atom stereocenters. The lowest BCUT2D eigenvalue weighted by atomic mass is 10.2. The van der Waals surface area contributed by atoms with Gasteiger partial charge in [-0.3, -0.25) is 4.79 Å².